The maximum absolute atomic E-state index is 12.7. The summed E-state index contributed by atoms with van der Waals surface area (Å²) in [6, 6.07) is 1.50. The van der Waals surface area contributed by atoms with E-state index in [9.17, 15) is 25.2 Å². The fraction of sp³-hybridized carbons (Fsp3) is 0.611. The van der Waals surface area contributed by atoms with Crippen molar-refractivity contribution < 1.29 is 30.0 Å². The third-order valence-corrected chi connectivity index (χ3v) is 6.30. The fourth-order valence-electron chi connectivity index (χ4n) is 5.30. The van der Waals surface area contributed by atoms with Crippen molar-refractivity contribution in [2.45, 2.75) is 62.8 Å². The summed E-state index contributed by atoms with van der Waals surface area (Å²) in [5.41, 5.74) is -0.878. The summed E-state index contributed by atoms with van der Waals surface area (Å²) in [6.07, 6.45) is -0.683. The van der Waals surface area contributed by atoms with Gasteiger partial charge >= 0.3 is 0 Å². The van der Waals surface area contributed by atoms with Crippen LogP contribution in [0.15, 0.2) is 6.07 Å². The molecule has 4 rings (SSSR count). The molecule has 0 spiro atoms. The molecule has 6 heteroatoms. The molecule has 1 aliphatic heterocycles. The first-order chi connectivity index (χ1) is 11.3. The van der Waals surface area contributed by atoms with Crippen LogP contribution in [-0.4, -0.2) is 44.0 Å². The van der Waals surface area contributed by atoms with Gasteiger partial charge in [0, 0.05) is 12.0 Å². The summed E-state index contributed by atoms with van der Waals surface area (Å²) >= 11 is 0. The molecular formula is C18H22O6. The Morgan fingerprint density at radius 2 is 2.08 bits per heavy atom. The molecule has 2 aliphatic carbocycles. The zero-order chi connectivity index (χ0) is 17.4. The molecule has 6 nitrogen and oxygen atoms in total. The average molecular weight is 334 g/mol. The van der Waals surface area contributed by atoms with E-state index < -0.39 is 34.8 Å². The lowest BCUT2D eigenvalue weighted by atomic mass is 9.49. The molecule has 0 aromatic heterocycles. The third kappa shape index (κ3) is 1.51. The number of Topliss-reactive ketones (excluding diaryl/α,β-unsaturated/α-hetero) is 1. The van der Waals surface area contributed by atoms with Crippen LogP contribution in [0.1, 0.15) is 44.2 Å². The van der Waals surface area contributed by atoms with Crippen molar-refractivity contribution in [1.29, 1.82) is 0 Å². The SMILES string of the molecule is CCC[C@]12c3c4cc(O)c(O)c3O[C@H]1C(=O)C(O)C[C@@]2(O)[C@H](C)C4. The van der Waals surface area contributed by atoms with Crippen LogP contribution < -0.4 is 4.74 Å². The molecule has 1 fully saturated rings. The highest BCUT2D eigenvalue weighted by molar-refractivity contribution is 5.93. The molecule has 1 aromatic carbocycles. The largest absolute Gasteiger partial charge is 0.504 e. The van der Waals surface area contributed by atoms with Crippen LogP contribution in [-0.2, 0) is 16.6 Å². The van der Waals surface area contributed by atoms with Crippen molar-refractivity contribution in [2.24, 2.45) is 5.92 Å². The van der Waals surface area contributed by atoms with Gasteiger partial charge < -0.3 is 25.2 Å². The van der Waals surface area contributed by atoms with Gasteiger partial charge in [0.2, 0.25) is 11.5 Å². The second-order valence-corrected chi connectivity index (χ2v) is 7.48. The van der Waals surface area contributed by atoms with Crippen LogP contribution in [0.3, 0.4) is 0 Å². The predicted octanol–water partition coefficient (Wildman–Crippen LogP) is 1.15. The smallest absolute Gasteiger partial charge is 0.202 e. The molecular weight excluding hydrogens is 312 g/mol. The van der Waals surface area contributed by atoms with Crippen LogP contribution >= 0.6 is 0 Å². The van der Waals surface area contributed by atoms with E-state index in [0.29, 0.717) is 24.8 Å². The van der Waals surface area contributed by atoms with E-state index in [1.54, 1.807) is 0 Å². The Hall–Kier alpha value is -1.79. The predicted molar refractivity (Wildman–Crippen MR) is 84.2 cm³/mol. The van der Waals surface area contributed by atoms with E-state index in [-0.39, 0.29) is 23.8 Å². The van der Waals surface area contributed by atoms with Gasteiger partial charge in [0.05, 0.1) is 11.0 Å². The Morgan fingerprint density at radius 3 is 2.75 bits per heavy atom. The van der Waals surface area contributed by atoms with E-state index in [1.165, 1.54) is 6.07 Å². The van der Waals surface area contributed by atoms with Gasteiger partial charge in [0.25, 0.3) is 0 Å². The molecule has 5 atom stereocenters. The van der Waals surface area contributed by atoms with Gasteiger partial charge in [0.1, 0.15) is 6.10 Å². The highest BCUT2D eigenvalue weighted by Gasteiger charge is 2.71. The van der Waals surface area contributed by atoms with Gasteiger partial charge in [-0.2, -0.15) is 0 Å². The number of rotatable bonds is 2. The van der Waals surface area contributed by atoms with Gasteiger partial charge in [-0.05, 0) is 30.4 Å². The number of carbonyl (C=O) groups excluding carboxylic acids is 1. The first kappa shape index (κ1) is 15.7. The summed E-state index contributed by atoms with van der Waals surface area (Å²) in [6.45, 7) is 3.85. The van der Waals surface area contributed by atoms with Crippen molar-refractivity contribution in [3.05, 3.63) is 17.2 Å². The second kappa shape index (κ2) is 4.64. The topological polar surface area (TPSA) is 107 Å². The van der Waals surface area contributed by atoms with Gasteiger partial charge in [-0.25, -0.2) is 0 Å². The van der Waals surface area contributed by atoms with Crippen molar-refractivity contribution in [2.75, 3.05) is 0 Å². The summed E-state index contributed by atoms with van der Waals surface area (Å²) in [7, 11) is 0. The standard InChI is InChI=1S/C18H22O6/c1-3-4-17-12-9-5-8(2)18(17,23)7-11(20)14(22)16(17)24-15(12)13(21)10(19)6-9/h6,8,11,16,19-21,23H,3-5,7H2,1-2H3/t8-,11?,16+,17+,18-/m1/s1. The van der Waals surface area contributed by atoms with Crippen LogP contribution in [0, 0.1) is 5.92 Å². The number of phenolic OH excluding ortho intramolecular Hbond substituents is 2. The van der Waals surface area contributed by atoms with Crippen molar-refractivity contribution >= 4 is 5.78 Å². The van der Waals surface area contributed by atoms with E-state index in [0.717, 1.165) is 5.56 Å². The van der Waals surface area contributed by atoms with Crippen LogP contribution in [0.25, 0.3) is 0 Å². The number of aliphatic hydroxyl groups excluding tert-OH is 1. The minimum Gasteiger partial charge on any atom is -0.504 e. The van der Waals surface area contributed by atoms with Crippen LogP contribution in [0.5, 0.6) is 17.2 Å². The molecule has 0 saturated heterocycles. The normalized spacial score (nSPS) is 39.5. The monoisotopic (exact) mass is 334 g/mol. The highest BCUT2D eigenvalue weighted by Crippen LogP contribution is 2.65. The van der Waals surface area contributed by atoms with Crippen molar-refractivity contribution in [1.82, 2.24) is 0 Å². The molecule has 1 unspecified atom stereocenters. The summed E-state index contributed by atoms with van der Waals surface area (Å²) in [4.78, 5) is 12.7. The minimum absolute atomic E-state index is 0.0343. The molecule has 3 aliphatic rings. The van der Waals surface area contributed by atoms with E-state index in [2.05, 4.69) is 0 Å². The Bertz CT molecular complexity index is 744. The lowest BCUT2D eigenvalue weighted by Crippen LogP contribution is -2.70. The first-order valence-corrected chi connectivity index (χ1v) is 8.47. The third-order valence-electron chi connectivity index (χ3n) is 6.30. The second-order valence-electron chi connectivity index (χ2n) is 7.48. The fourth-order valence-corrected chi connectivity index (χ4v) is 5.30. The number of aromatic hydroxyl groups is 2. The number of ketones is 1. The lowest BCUT2D eigenvalue weighted by molar-refractivity contribution is -0.183. The Kier molecular flexibility index (Phi) is 3.04. The molecule has 0 bridgehead atoms. The average Bonchev–Trinajstić information content (AvgIpc) is 2.87. The van der Waals surface area contributed by atoms with Gasteiger partial charge in [-0.3, -0.25) is 4.79 Å². The van der Waals surface area contributed by atoms with Crippen LogP contribution in [0.4, 0.5) is 0 Å². The number of aliphatic hydroxyl groups is 2. The first-order valence-electron chi connectivity index (χ1n) is 8.47. The zero-order valence-electron chi connectivity index (χ0n) is 13.7. The van der Waals surface area contributed by atoms with Crippen molar-refractivity contribution in [3.63, 3.8) is 0 Å². The molecule has 24 heavy (non-hydrogen) atoms. The van der Waals surface area contributed by atoms with E-state index in [1.807, 2.05) is 13.8 Å². The minimum atomic E-state index is -1.30. The van der Waals surface area contributed by atoms with Crippen LogP contribution in [0.2, 0.25) is 0 Å². The highest BCUT2D eigenvalue weighted by atomic mass is 16.5. The summed E-state index contributed by atoms with van der Waals surface area (Å²) < 4.78 is 5.79. The number of carbonyl (C=O) groups is 1. The molecule has 1 aromatic rings. The number of hydrogen-bond acceptors (Lipinski definition) is 6. The van der Waals surface area contributed by atoms with E-state index in [4.69, 9.17) is 4.74 Å². The summed E-state index contributed by atoms with van der Waals surface area (Å²) in [5.74, 6) is -1.31. The Labute approximate surface area is 139 Å². The van der Waals surface area contributed by atoms with Crippen molar-refractivity contribution in [3.8, 4) is 17.2 Å². The lowest BCUT2D eigenvalue weighted by Gasteiger charge is -2.57. The number of phenols is 2. The molecule has 0 radical (unpaired) electrons. The zero-order valence-corrected chi connectivity index (χ0v) is 13.7. The van der Waals surface area contributed by atoms with Gasteiger partial charge in [0.15, 0.2) is 17.6 Å². The summed E-state index contributed by atoms with van der Waals surface area (Å²) in [5, 5.41) is 42.1. The van der Waals surface area contributed by atoms with E-state index >= 15 is 0 Å². The molecule has 1 heterocycles. The molecule has 1 saturated carbocycles. The Morgan fingerprint density at radius 1 is 1.38 bits per heavy atom. The van der Waals surface area contributed by atoms with Gasteiger partial charge in [-0.15, -0.1) is 0 Å². The number of ether oxygens (including phenoxy) is 1. The molecule has 130 valence electrons. The number of hydrogen-bond donors (Lipinski definition) is 4. The molecule has 4 N–H and O–H groups in total. The van der Waals surface area contributed by atoms with Gasteiger partial charge in [-0.1, -0.05) is 20.3 Å². The maximum Gasteiger partial charge on any atom is 0.202 e. The Balaban J connectivity index is 2.09. The maximum atomic E-state index is 12.7. The molecule has 0 amide bonds. The number of benzene rings is 1. The quantitative estimate of drug-likeness (QED) is 0.605.